The van der Waals surface area contributed by atoms with E-state index in [0.717, 1.165) is 11.0 Å². The molecule has 0 saturated carbocycles. The maximum absolute atomic E-state index is 11.3. The third-order valence-electron chi connectivity index (χ3n) is 2.42. The fraction of sp³-hybridized carbons (Fsp3) is 0.0909. The predicted molar refractivity (Wildman–Crippen MR) is 64.1 cm³/mol. The van der Waals surface area contributed by atoms with Crippen LogP contribution in [-0.4, -0.2) is 32.8 Å². The number of aromatic nitrogens is 3. The van der Waals surface area contributed by atoms with Crippen molar-refractivity contribution < 1.29 is 14.5 Å². The standard InChI is InChI=1S/C11H7N5O4/c1-20-11(17)10-13-6-15(14-10)8-4-2-3-7(5-12)9(8)16(18)19/h2-4,6H,1H3. The molecule has 100 valence electrons. The van der Waals surface area contributed by atoms with Crippen LogP contribution in [0.15, 0.2) is 24.5 Å². The van der Waals surface area contributed by atoms with Gasteiger partial charge in [-0.25, -0.2) is 14.5 Å². The summed E-state index contributed by atoms with van der Waals surface area (Å²) in [5, 5.41) is 23.8. The SMILES string of the molecule is COC(=O)c1ncn(-c2cccc(C#N)c2[N+](=O)[O-])n1. The van der Waals surface area contributed by atoms with E-state index in [1.807, 2.05) is 0 Å². The van der Waals surface area contributed by atoms with Crippen LogP contribution < -0.4 is 0 Å². The summed E-state index contributed by atoms with van der Waals surface area (Å²) in [4.78, 5) is 25.3. The number of esters is 1. The smallest absolute Gasteiger partial charge is 0.377 e. The lowest BCUT2D eigenvalue weighted by molar-refractivity contribution is -0.384. The number of carbonyl (C=O) groups is 1. The van der Waals surface area contributed by atoms with Crippen LogP contribution in [0, 0.1) is 21.4 Å². The molecule has 9 heteroatoms. The summed E-state index contributed by atoms with van der Waals surface area (Å²) in [6.07, 6.45) is 1.13. The van der Waals surface area contributed by atoms with E-state index >= 15 is 0 Å². The van der Waals surface area contributed by atoms with Gasteiger partial charge in [0.05, 0.1) is 12.0 Å². The van der Waals surface area contributed by atoms with Gasteiger partial charge in [-0.1, -0.05) is 6.07 Å². The first-order valence-corrected chi connectivity index (χ1v) is 5.26. The van der Waals surface area contributed by atoms with Crippen LogP contribution in [0.5, 0.6) is 0 Å². The van der Waals surface area contributed by atoms with Crippen molar-refractivity contribution in [1.29, 1.82) is 5.26 Å². The van der Waals surface area contributed by atoms with E-state index in [2.05, 4.69) is 14.8 Å². The summed E-state index contributed by atoms with van der Waals surface area (Å²) in [5.41, 5.74) is -0.476. The fourth-order valence-corrected chi connectivity index (χ4v) is 1.56. The van der Waals surface area contributed by atoms with E-state index in [4.69, 9.17) is 5.26 Å². The molecule has 9 nitrogen and oxygen atoms in total. The van der Waals surface area contributed by atoms with Gasteiger partial charge in [-0.2, -0.15) is 5.26 Å². The molecule has 0 unspecified atom stereocenters. The van der Waals surface area contributed by atoms with Crippen molar-refractivity contribution in [3.63, 3.8) is 0 Å². The van der Waals surface area contributed by atoms with Gasteiger partial charge in [0.15, 0.2) is 0 Å². The van der Waals surface area contributed by atoms with E-state index in [-0.39, 0.29) is 17.1 Å². The average Bonchev–Trinajstić information content (AvgIpc) is 2.95. The second-order valence-electron chi connectivity index (χ2n) is 3.55. The largest absolute Gasteiger partial charge is 0.463 e. The van der Waals surface area contributed by atoms with E-state index in [0.29, 0.717) is 0 Å². The number of ether oxygens (including phenoxy) is 1. The molecule has 0 bridgehead atoms. The highest BCUT2D eigenvalue weighted by Crippen LogP contribution is 2.26. The first-order chi connectivity index (χ1) is 9.58. The highest BCUT2D eigenvalue weighted by Gasteiger charge is 2.22. The number of nitro groups is 1. The highest BCUT2D eigenvalue weighted by atomic mass is 16.6. The summed E-state index contributed by atoms with van der Waals surface area (Å²) in [6.45, 7) is 0. The number of benzene rings is 1. The number of nitrogens with zero attached hydrogens (tertiary/aromatic N) is 5. The van der Waals surface area contributed by atoms with Crippen LogP contribution in [0.3, 0.4) is 0 Å². The quantitative estimate of drug-likeness (QED) is 0.460. The normalized spacial score (nSPS) is 9.80. The maximum atomic E-state index is 11.3. The fourth-order valence-electron chi connectivity index (χ4n) is 1.56. The number of carbonyl (C=O) groups excluding carboxylic acids is 1. The number of nitriles is 1. The van der Waals surface area contributed by atoms with Gasteiger partial charge < -0.3 is 4.74 Å². The van der Waals surface area contributed by atoms with Gasteiger partial charge in [0.1, 0.15) is 23.6 Å². The summed E-state index contributed by atoms with van der Waals surface area (Å²) >= 11 is 0. The van der Waals surface area contributed by atoms with Crippen molar-refractivity contribution in [2.45, 2.75) is 0 Å². The van der Waals surface area contributed by atoms with Crippen LogP contribution in [-0.2, 0) is 4.74 Å². The second kappa shape index (κ2) is 5.15. The molecule has 0 aliphatic heterocycles. The Labute approximate surface area is 112 Å². The summed E-state index contributed by atoms with van der Waals surface area (Å²) in [7, 11) is 1.17. The average molecular weight is 273 g/mol. The molecule has 0 aliphatic carbocycles. The Morgan fingerprint density at radius 3 is 2.90 bits per heavy atom. The van der Waals surface area contributed by atoms with Gasteiger partial charge in [0.2, 0.25) is 0 Å². The molecule has 0 saturated heterocycles. The van der Waals surface area contributed by atoms with Crippen molar-refractivity contribution in [3.8, 4) is 11.8 Å². The zero-order chi connectivity index (χ0) is 14.7. The molecular formula is C11H7N5O4. The van der Waals surface area contributed by atoms with Crippen LogP contribution in [0.25, 0.3) is 5.69 Å². The topological polar surface area (TPSA) is 124 Å². The first kappa shape index (κ1) is 13.2. The Kier molecular flexibility index (Phi) is 3.39. The third-order valence-corrected chi connectivity index (χ3v) is 2.42. The minimum atomic E-state index is -0.761. The van der Waals surface area contributed by atoms with E-state index in [9.17, 15) is 14.9 Å². The van der Waals surface area contributed by atoms with E-state index in [1.54, 1.807) is 6.07 Å². The summed E-state index contributed by atoms with van der Waals surface area (Å²) < 4.78 is 5.49. The maximum Gasteiger partial charge on any atom is 0.377 e. The van der Waals surface area contributed by atoms with Gasteiger partial charge in [0, 0.05) is 0 Å². The summed E-state index contributed by atoms with van der Waals surface area (Å²) in [6, 6.07) is 5.92. The zero-order valence-corrected chi connectivity index (χ0v) is 10.2. The molecule has 20 heavy (non-hydrogen) atoms. The van der Waals surface area contributed by atoms with Crippen LogP contribution in [0.1, 0.15) is 16.2 Å². The number of hydrogen-bond acceptors (Lipinski definition) is 7. The van der Waals surface area contributed by atoms with Crippen molar-refractivity contribution in [2.75, 3.05) is 7.11 Å². The number of para-hydroxylation sites is 1. The van der Waals surface area contributed by atoms with Crippen molar-refractivity contribution in [1.82, 2.24) is 14.8 Å². The lowest BCUT2D eigenvalue weighted by atomic mass is 10.1. The van der Waals surface area contributed by atoms with Crippen molar-refractivity contribution >= 4 is 11.7 Å². The van der Waals surface area contributed by atoms with Gasteiger partial charge >= 0.3 is 11.7 Å². The Morgan fingerprint density at radius 1 is 1.55 bits per heavy atom. The molecule has 1 heterocycles. The van der Waals surface area contributed by atoms with Gasteiger partial charge in [-0.3, -0.25) is 10.1 Å². The van der Waals surface area contributed by atoms with Gasteiger partial charge in [-0.05, 0) is 12.1 Å². The van der Waals surface area contributed by atoms with Crippen molar-refractivity contribution in [2.24, 2.45) is 0 Å². The number of hydrogen-bond donors (Lipinski definition) is 0. The van der Waals surface area contributed by atoms with E-state index < -0.39 is 16.6 Å². The van der Waals surface area contributed by atoms with Gasteiger partial charge in [0.25, 0.3) is 5.82 Å². The molecule has 0 aliphatic rings. The molecule has 2 aromatic rings. The lowest BCUT2D eigenvalue weighted by Gasteiger charge is -2.02. The van der Waals surface area contributed by atoms with Crippen LogP contribution in [0.4, 0.5) is 5.69 Å². The molecule has 0 amide bonds. The Balaban J connectivity index is 2.59. The molecular weight excluding hydrogens is 266 g/mol. The molecule has 2 rings (SSSR count). The van der Waals surface area contributed by atoms with Gasteiger partial charge in [-0.15, -0.1) is 5.10 Å². The number of nitro benzene ring substituents is 1. The minimum absolute atomic E-state index is 0.0386. The molecule has 0 atom stereocenters. The molecule has 1 aromatic carbocycles. The molecule has 0 spiro atoms. The molecule has 1 aromatic heterocycles. The van der Waals surface area contributed by atoms with Crippen LogP contribution in [0.2, 0.25) is 0 Å². The predicted octanol–water partition coefficient (Wildman–Crippen LogP) is 0.834. The monoisotopic (exact) mass is 273 g/mol. The summed E-state index contributed by atoms with van der Waals surface area (Å²) in [5.74, 6) is -0.994. The Morgan fingerprint density at radius 2 is 2.30 bits per heavy atom. The van der Waals surface area contributed by atoms with Crippen LogP contribution >= 0.6 is 0 Å². The minimum Gasteiger partial charge on any atom is -0.463 e. The lowest BCUT2D eigenvalue weighted by Crippen LogP contribution is -2.06. The Bertz CT molecular complexity index is 731. The number of rotatable bonds is 3. The second-order valence-corrected chi connectivity index (χ2v) is 3.55. The highest BCUT2D eigenvalue weighted by molar-refractivity contribution is 5.84. The first-order valence-electron chi connectivity index (χ1n) is 5.26. The van der Waals surface area contributed by atoms with Crippen molar-refractivity contribution in [3.05, 3.63) is 46.0 Å². The van der Waals surface area contributed by atoms with E-state index in [1.165, 1.54) is 25.3 Å². The molecule has 0 fully saturated rings. The number of methoxy groups -OCH3 is 1. The molecule has 0 N–H and O–H groups in total. The third kappa shape index (κ3) is 2.17. The Hall–Kier alpha value is -3.28. The zero-order valence-electron chi connectivity index (χ0n) is 10.2. The molecule has 0 radical (unpaired) electrons.